The zero-order chi connectivity index (χ0) is 11.7. The van der Waals surface area contributed by atoms with Crippen LogP contribution in [0.5, 0.6) is 5.75 Å². The topological polar surface area (TPSA) is 38.5 Å². The quantitative estimate of drug-likeness (QED) is 0.803. The van der Waals surface area contributed by atoms with E-state index < -0.39 is 6.61 Å². The Morgan fingerprint density at radius 1 is 1.44 bits per heavy atom. The second kappa shape index (κ2) is 4.25. The normalized spacial score (nSPS) is 17.5. The van der Waals surface area contributed by atoms with Gasteiger partial charge in [0.1, 0.15) is 5.75 Å². The van der Waals surface area contributed by atoms with Gasteiger partial charge in [-0.3, -0.25) is 0 Å². The summed E-state index contributed by atoms with van der Waals surface area (Å²) >= 11 is 0. The third-order valence-corrected chi connectivity index (χ3v) is 2.79. The van der Waals surface area contributed by atoms with Crippen LogP contribution in [0.3, 0.4) is 0 Å². The fourth-order valence-electron chi connectivity index (χ4n) is 1.91. The van der Waals surface area contributed by atoms with Crippen LogP contribution in [-0.4, -0.2) is 31.6 Å². The van der Waals surface area contributed by atoms with E-state index in [1.54, 1.807) is 12.1 Å². The summed E-state index contributed by atoms with van der Waals surface area (Å²) in [4.78, 5) is 2.16. The predicted molar refractivity (Wildman–Crippen MR) is 57.7 cm³/mol. The summed E-state index contributed by atoms with van der Waals surface area (Å²) in [5.41, 5.74) is 6.81. The van der Waals surface area contributed by atoms with Crippen molar-refractivity contribution in [3.8, 4) is 5.75 Å². The maximum atomic E-state index is 12.1. The number of halogens is 2. The highest BCUT2D eigenvalue weighted by Crippen LogP contribution is 2.31. The summed E-state index contributed by atoms with van der Waals surface area (Å²) in [7, 11) is 2.02. The first kappa shape index (κ1) is 11.1. The van der Waals surface area contributed by atoms with Gasteiger partial charge in [0, 0.05) is 19.0 Å². The molecule has 1 saturated heterocycles. The van der Waals surface area contributed by atoms with Crippen LogP contribution in [0.2, 0.25) is 0 Å². The van der Waals surface area contributed by atoms with Crippen molar-refractivity contribution in [2.24, 2.45) is 0 Å². The Kier molecular flexibility index (Phi) is 2.96. The lowest BCUT2D eigenvalue weighted by atomic mass is 9.92. The van der Waals surface area contributed by atoms with Gasteiger partial charge in [-0.1, -0.05) is 6.07 Å². The van der Waals surface area contributed by atoms with Crippen LogP contribution in [0.25, 0.3) is 0 Å². The highest BCUT2D eigenvalue weighted by atomic mass is 19.3. The molecule has 0 amide bonds. The molecule has 1 aliphatic rings. The summed E-state index contributed by atoms with van der Waals surface area (Å²) in [6.45, 7) is -0.947. The van der Waals surface area contributed by atoms with Crippen molar-refractivity contribution in [3.63, 3.8) is 0 Å². The molecule has 0 bridgehead atoms. The maximum absolute atomic E-state index is 12.1. The highest BCUT2D eigenvalue weighted by molar-refractivity contribution is 5.54. The number of anilines is 1. The molecule has 0 spiro atoms. The molecule has 0 atom stereocenters. The highest BCUT2D eigenvalue weighted by Gasteiger charge is 2.25. The summed E-state index contributed by atoms with van der Waals surface area (Å²) in [6.07, 6.45) is 0. The predicted octanol–water partition coefficient (Wildman–Crippen LogP) is 1.90. The van der Waals surface area contributed by atoms with Gasteiger partial charge in [-0.05, 0) is 24.7 Å². The van der Waals surface area contributed by atoms with Gasteiger partial charge >= 0.3 is 6.61 Å². The van der Waals surface area contributed by atoms with Gasteiger partial charge in [0.15, 0.2) is 0 Å². The van der Waals surface area contributed by atoms with Crippen molar-refractivity contribution in [1.82, 2.24) is 4.90 Å². The number of likely N-dealkylation sites (tertiary alicyclic amines) is 1. The van der Waals surface area contributed by atoms with Gasteiger partial charge in [-0.15, -0.1) is 0 Å². The number of hydrogen-bond donors (Lipinski definition) is 1. The summed E-state index contributed by atoms with van der Waals surface area (Å²) in [6, 6.07) is 5.09. The number of alkyl halides is 2. The first-order valence-corrected chi connectivity index (χ1v) is 5.09. The van der Waals surface area contributed by atoms with Gasteiger partial charge in [0.2, 0.25) is 0 Å². The Balaban J connectivity index is 2.15. The number of benzene rings is 1. The fraction of sp³-hybridized carbons (Fsp3) is 0.455. The fourth-order valence-corrected chi connectivity index (χ4v) is 1.91. The average Bonchev–Trinajstić information content (AvgIpc) is 2.16. The second-order valence-corrected chi connectivity index (χ2v) is 4.09. The van der Waals surface area contributed by atoms with Crippen LogP contribution < -0.4 is 10.5 Å². The molecule has 0 aliphatic carbocycles. The molecule has 5 heteroatoms. The molecule has 2 rings (SSSR count). The van der Waals surface area contributed by atoms with Gasteiger partial charge in [-0.2, -0.15) is 8.78 Å². The first-order chi connectivity index (χ1) is 7.56. The lowest BCUT2D eigenvalue weighted by Gasteiger charge is -2.36. The number of hydrogen-bond acceptors (Lipinski definition) is 3. The third kappa shape index (κ3) is 2.24. The number of rotatable bonds is 3. The molecule has 2 N–H and O–H groups in total. The third-order valence-electron chi connectivity index (χ3n) is 2.79. The molecule has 0 saturated carbocycles. The summed E-state index contributed by atoms with van der Waals surface area (Å²) < 4.78 is 28.6. The van der Waals surface area contributed by atoms with E-state index in [-0.39, 0.29) is 11.4 Å². The van der Waals surface area contributed by atoms with Gasteiger partial charge < -0.3 is 15.4 Å². The van der Waals surface area contributed by atoms with Crippen molar-refractivity contribution in [2.75, 3.05) is 25.9 Å². The monoisotopic (exact) mass is 228 g/mol. The molecule has 88 valence electrons. The van der Waals surface area contributed by atoms with E-state index in [0.29, 0.717) is 5.92 Å². The van der Waals surface area contributed by atoms with E-state index in [1.165, 1.54) is 0 Å². The molecule has 0 radical (unpaired) electrons. The molecular formula is C11H14F2N2O. The van der Waals surface area contributed by atoms with Crippen LogP contribution >= 0.6 is 0 Å². The van der Waals surface area contributed by atoms with Crippen LogP contribution in [-0.2, 0) is 0 Å². The van der Waals surface area contributed by atoms with Crippen molar-refractivity contribution in [3.05, 3.63) is 23.8 Å². The first-order valence-electron chi connectivity index (χ1n) is 5.09. The zero-order valence-corrected chi connectivity index (χ0v) is 8.99. The Hall–Kier alpha value is -1.36. The molecule has 1 heterocycles. The Labute approximate surface area is 92.8 Å². The minimum Gasteiger partial charge on any atom is -0.433 e. The van der Waals surface area contributed by atoms with Crippen LogP contribution in [0, 0.1) is 0 Å². The number of likely N-dealkylation sites (N-methyl/N-ethyl adjacent to an activating group) is 1. The standard InChI is InChI=1S/C11H14F2N2O/c1-15-5-8(6-15)7-2-3-9(14)10(4-7)16-11(12)13/h2-4,8,11H,5-6,14H2,1H3. The molecule has 1 aromatic carbocycles. The van der Waals surface area contributed by atoms with Gasteiger partial charge in [0.05, 0.1) is 5.69 Å². The Bertz CT molecular complexity index is 378. The maximum Gasteiger partial charge on any atom is 0.387 e. The minimum atomic E-state index is -2.83. The Morgan fingerprint density at radius 3 is 2.69 bits per heavy atom. The molecule has 3 nitrogen and oxygen atoms in total. The van der Waals surface area contributed by atoms with Crippen LogP contribution in [0.1, 0.15) is 11.5 Å². The molecule has 1 aliphatic heterocycles. The summed E-state index contributed by atoms with van der Waals surface area (Å²) in [5, 5.41) is 0. The second-order valence-electron chi connectivity index (χ2n) is 4.09. The number of nitrogens with zero attached hydrogens (tertiary/aromatic N) is 1. The molecular weight excluding hydrogens is 214 g/mol. The van der Waals surface area contributed by atoms with Crippen LogP contribution in [0.15, 0.2) is 18.2 Å². The number of nitrogen functional groups attached to an aromatic ring is 1. The van der Waals surface area contributed by atoms with E-state index in [4.69, 9.17) is 5.73 Å². The zero-order valence-electron chi connectivity index (χ0n) is 8.99. The van der Waals surface area contributed by atoms with E-state index in [0.717, 1.165) is 18.7 Å². The minimum absolute atomic E-state index is 0.0713. The van der Waals surface area contributed by atoms with Crippen molar-refractivity contribution in [1.29, 1.82) is 0 Å². The molecule has 0 unspecified atom stereocenters. The average molecular weight is 228 g/mol. The lowest BCUT2D eigenvalue weighted by Crippen LogP contribution is -2.41. The van der Waals surface area contributed by atoms with E-state index in [9.17, 15) is 8.78 Å². The smallest absolute Gasteiger partial charge is 0.387 e. The molecule has 0 aromatic heterocycles. The van der Waals surface area contributed by atoms with E-state index in [1.807, 2.05) is 13.1 Å². The lowest BCUT2D eigenvalue weighted by molar-refractivity contribution is -0.0494. The number of ether oxygens (including phenoxy) is 1. The van der Waals surface area contributed by atoms with Gasteiger partial charge in [0.25, 0.3) is 0 Å². The largest absolute Gasteiger partial charge is 0.433 e. The molecule has 1 fully saturated rings. The SMILES string of the molecule is CN1CC(c2ccc(N)c(OC(F)F)c2)C1. The van der Waals surface area contributed by atoms with Crippen molar-refractivity contribution in [2.45, 2.75) is 12.5 Å². The summed E-state index contributed by atoms with van der Waals surface area (Å²) in [5.74, 6) is 0.465. The van der Waals surface area contributed by atoms with Crippen molar-refractivity contribution < 1.29 is 13.5 Å². The number of nitrogens with two attached hydrogens (primary N) is 1. The van der Waals surface area contributed by atoms with Crippen molar-refractivity contribution >= 4 is 5.69 Å². The van der Waals surface area contributed by atoms with E-state index in [2.05, 4.69) is 9.64 Å². The Morgan fingerprint density at radius 2 is 2.12 bits per heavy atom. The molecule has 1 aromatic rings. The van der Waals surface area contributed by atoms with Crippen LogP contribution in [0.4, 0.5) is 14.5 Å². The van der Waals surface area contributed by atoms with Gasteiger partial charge in [-0.25, -0.2) is 0 Å². The van der Waals surface area contributed by atoms with E-state index >= 15 is 0 Å². The molecule has 16 heavy (non-hydrogen) atoms.